The van der Waals surface area contributed by atoms with Gasteiger partial charge in [-0.1, -0.05) is 29.8 Å². The average molecular weight is 375 g/mol. The van der Waals surface area contributed by atoms with Crippen LogP contribution in [0.4, 0.5) is 10.1 Å². The Labute approximate surface area is 152 Å². The van der Waals surface area contributed by atoms with E-state index in [1.165, 1.54) is 18.2 Å². The number of halogens is 1. The third-order valence-electron chi connectivity index (χ3n) is 5.12. The highest BCUT2D eigenvalue weighted by Crippen LogP contribution is 2.42. The van der Waals surface area contributed by atoms with Crippen molar-refractivity contribution in [2.45, 2.75) is 31.1 Å². The first-order valence-corrected chi connectivity index (χ1v) is 9.85. The number of rotatable bonds is 2. The molecule has 0 aliphatic carbocycles. The number of aliphatic imine (C=N–C) groups is 1. The number of benzene rings is 2. The van der Waals surface area contributed by atoms with Crippen LogP contribution in [0.25, 0.3) is 0 Å². The van der Waals surface area contributed by atoms with Crippen molar-refractivity contribution in [2.75, 3.05) is 11.5 Å². The molecular weight excluding hydrogens is 353 g/mol. The van der Waals surface area contributed by atoms with E-state index in [9.17, 15) is 12.8 Å². The topological polar surface area (TPSA) is 98.5 Å². The van der Waals surface area contributed by atoms with E-state index in [2.05, 4.69) is 4.99 Å². The van der Waals surface area contributed by atoms with Crippen LogP contribution < -0.4 is 11.5 Å². The number of sulfone groups is 1. The molecule has 2 atom stereocenters. The second kappa shape index (κ2) is 5.81. The van der Waals surface area contributed by atoms with Crippen molar-refractivity contribution in [1.82, 2.24) is 0 Å². The van der Waals surface area contributed by atoms with Gasteiger partial charge in [0, 0.05) is 11.3 Å². The van der Waals surface area contributed by atoms with E-state index in [1.807, 2.05) is 19.1 Å². The summed E-state index contributed by atoms with van der Waals surface area (Å²) in [6, 6.07) is 11.2. The van der Waals surface area contributed by atoms with Gasteiger partial charge in [0.05, 0.1) is 5.75 Å². The van der Waals surface area contributed by atoms with E-state index < -0.39 is 25.9 Å². The molecule has 0 radical (unpaired) electrons. The van der Waals surface area contributed by atoms with Crippen LogP contribution in [0.5, 0.6) is 0 Å². The first-order chi connectivity index (χ1) is 12.0. The van der Waals surface area contributed by atoms with Gasteiger partial charge in [0.15, 0.2) is 14.6 Å². The zero-order chi connectivity index (χ0) is 19.3. The quantitative estimate of drug-likeness (QED) is 0.788. The Morgan fingerprint density at radius 2 is 1.69 bits per heavy atom. The van der Waals surface area contributed by atoms with E-state index in [-0.39, 0.29) is 17.2 Å². The van der Waals surface area contributed by atoms with E-state index in [0.29, 0.717) is 11.3 Å². The summed E-state index contributed by atoms with van der Waals surface area (Å²) in [5.74, 6) is -0.991. The maximum Gasteiger partial charge on any atom is 0.169 e. The lowest BCUT2D eigenvalue weighted by molar-refractivity contribution is 0.474. The van der Waals surface area contributed by atoms with Gasteiger partial charge in [-0.05, 0) is 44.5 Å². The molecule has 2 aromatic carbocycles. The maximum atomic E-state index is 14.4. The summed E-state index contributed by atoms with van der Waals surface area (Å²) in [6.45, 7) is 5.02. The minimum absolute atomic E-state index is 0.0584. The van der Waals surface area contributed by atoms with Crippen LogP contribution in [0.15, 0.2) is 47.5 Å². The summed E-state index contributed by atoms with van der Waals surface area (Å²) in [6.07, 6.45) is 0. The van der Waals surface area contributed by atoms with Gasteiger partial charge in [0.25, 0.3) is 0 Å². The normalized spacial score (nSPS) is 27.8. The number of nitrogens with two attached hydrogens (primary N) is 2. The lowest BCUT2D eigenvalue weighted by Crippen LogP contribution is -2.54. The van der Waals surface area contributed by atoms with Gasteiger partial charge in [0.1, 0.15) is 17.2 Å². The fourth-order valence-corrected chi connectivity index (χ4v) is 5.48. The molecule has 0 amide bonds. The summed E-state index contributed by atoms with van der Waals surface area (Å²) < 4.78 is 39.5. The summed E-state index contributed by atoms with van der Waals surface area (Å²) in [7, 11) is -3.79. The predicted octanol–water partition coefficient (Wildman–Crippen LogP) is 2.63. The van der Waals surface area contributed by atoms with Crippen LogP contribution in [0.1, 0.15) is 30.5 Å². The van der Waals surface area contributed by atoms with Crippen molar-refractivity contribution in [3.8, 4) is 0 Å². The molecule has 0 unspecified atom stereocenters. The van der Waals surface area contributed by atoms with Gasteiger partial charge < -0.3 is 11.5 Å². The fourth-order valence-electron chi connectivity index (χ4n) is 3.37. The highest BCUT2D eigenvalue weighted by molar-refractivity contribution is 7.93. The number of anilines is 1. The smallest absolute Gasteiger partial charge is 0.169 e. The second-order valence-electron chi connectivity index (χ2n) is 7.17. The molecule has 2 aromatic rings. The van der Waals surface area contributed by atoms with E-state index in [4.69, 9.17) is 11.5 Å². The Bertz CT molecular complexity index is 1000. The minimum Gasteiger partial charge on any atom is -0.399 e. The highest BCUT2D eigenvalue weighted by Gasteiger charge is 2.53. The van der Waals surface area contributed by atoms with Crippen LogP contribution in [0.2, 0.25) is 0 Å². The third-order valence-corrected chi connectivity index (χ3v) is 7.75. The first kappa shape index (κ1) is 18.4. The number of hydrogen-bond acceptors (Lipinski definition) is 5. The summed E-state index contributed by atoms with van der Waals surface area (Å²) in [5, 5.41) is 0. The molecule has 4 N–H and O–H groups in total. The van der Waals surface area contributed by atoms with Gasteiger partial charge in [-0.25, -0.2) is 12.8 Å². The molecule has 5 nitrogen and oxygen atoms in total. The molecule has 1 heterocycles. The van der Waals surface area contributed by atoms with Gasteiger partial charge >= 0.3 is 0 Å². The van der Waals surface area contributed by atoms with Crippen molar-refractivity contribution in [3.63, 3.8) is 0 Å². The zero-order valence-electron chi connectivity index (χ0n) is 15.0. The average Bonchev–Trinajstić information content (AvgIpc) is 2.55. The molecule has 0 spiro atoms. The van der Waals surface area contributed by atoms with Gasteiger partial charge in [-0.15, -0.1) is 0 Å². The van der Waals surface area contributed by atoms with E-state index in [1.54, 1.807) is 26.0 Å². The molecule has 1 aliphatic rings. The van der Waals surface area contributed by atoms with Gasteiger partial charge in [0.2, 0.25) is 0 Å². The fraction of sp³-hybridized carbons (Fsp3) is 0.316. The van der Waals surface area contributed by atoms with Crippen LogP contribution in [-0.2, 0) is 20.1 Å². The number of aryl methyl sites for hydroxylation is 1. The van der Waals surface area contributed by atoms with Crippen molar-refractivity contribution in [1.29, 1.82) is 0 Å². The van der Waals surface area contributed by atoms with Crippen LogP contribution in [0.3, 0.4) is 0 Å². The number of amidine groups is 1. The van der Waals surface area contributed by atoms with Crippen molar-refractivity contribution < 1.29 is 12.8 Å². The summed E-state index contributed by atoms with van der Waals surface area (Å²) >= 11 is 0. The molecule has 0 saturated heterocycles. The Kier molecular flexibility index (Phi) is 4.10. The largest absolute Gasteiger partial charge is 0.399 e. The molecule has 0 bridgehead atoms. The zero-order valence-corrected chi connectivity index (χ0v) is 15.8. The Morgan fingerprint density at radius 3 is 2.27 bits per heavy atom. The second-order valence-corrected chi connectivity index (χ2v) is 9.50. The highest BCUT2D eigenvalue weighted by atomic mass is 32.2. The Hall–Kier alpha value is -2.41. The van der Waals surface area contributed by atoms with Crippen LogP contribution >= 0.6 is 0 Å². The molecule has 7 heteroatoms. The van der Waals surface area contributed by atoms with Crippen LogP contribution in [-0.4, -0.2) is 20.0 Å². The SMILES string of the molecule is Cc1ccc([C@]2(C)C(N)=N[C@](C)(c3cc(N)ccc3F)CS2(=O)=O)cc1. The van der Waals surface area contributed by atoms with Crippen molar-refractivity contribution in [2.24, 2.45) is 10.7 Å². The number of nitrogens with zero attached hydrogens (tertiary/aromatic N) is 1. The molecule has 1 aliphatic heterocycles. The lowest BCUT2D eigenvalue weighted by Gasteiger charge is -2.40. The van der Waals surface area contributed by atoms with E-state index in [0.717, 1.165) is 5.56 Å². The van der Waals surface area contributed by atoms with Gasteiger partial charge in [-0.2, -0.15) is 0 Å². The Morgan fingerprint density at radius 1 is 1.08 bits per heavy atom. The molecule has 3 rings (SSSR count). The Balaban J connectivity index is 2.21. The lowest BCUT2D eigenvalue weighted by atomic mass is 9.91. The summed E-state index contributed by atoms with van der Waals surface area (Å²) in [4.78, 5) is 4.45. The maximum absolute atomic E-state index is 14.4. The minimum atomic E-state index is -3.79. The number of hydrogen-bond donors (Lipinski definition) is 2. The van der Waals surface area contributed by atoms with Crippen molar-refractivity contribution in [3.05, 3.63) is 65.0 Å². The monoisotopic (exact) mass is 375 g/mol. The third kappa shape index (κ3) is 2.67. The van der Waals surface area contributed by atoms with E-state index >= 15 is 0 Å². The van der Waals surface area contributed by atoms with Crippen LogP contribution in [0, 0.1) is 12.7 Å². The molecule has 26 heavy (non-hydrogen) atoms. The van der Waals surface area contributed by atoms with Gasteiger partial charge in [-0.3, -0.25) is 4.99 Å². The molecule has 0 saturated carbocycles. The standard InChI is InChI=1S/C19H22FN3O2S/c1-12-4-6-13(7-5-12)19(3)17(22)23-18(2,11-26(19,24)25)15-10-14(21)8-9-16(15)20/h4-10H,11,21H2,1-3H3,(H2,22,23)/t18-,19+/m0/s1. The van der Waals surface area contributed by atoms with Crippen molar-refractivity contribution >= 4 is 21.4 Å². The molecular formula is C19H22FN3O2S. The molecule has 0 fully saturated rings. The first-order valence-electron chi connectivity index (χ1n) is 8.20. The summed E-state index contributed by atoms with van der Waals surface area (Å²) in [5.41, 5.74) is 12.6. The molecule has 138 valence electrons. The molecule has 0 aromatic heterocycles. The predicted molar refractivity (Wildman–Crippen MR) is 102 cm³/mol. The number of nitrogen functional groups attached to an aromatic ring is 1.